The van der Waals surface area contributed by atoms with Crippen LogP contribution in [-0.2, 0) is 0 Å². The van der Waals surface area contributed by atoms with E-state index in [9.17, 15) is 9.18 Å². The second-order valence-electron chi connectivity index (χ2n) is 7.70. The molecule has 0 spiro atoms. The molecule has 0 unspecified atom stereocenters. The highest BCUT2D eigenvalue weighted by Crippen LogP contribution is 2.38. The first-order chi connectivity index (χ1) is 13.5. The minimum atomic E-state index is -0.319. The Morgan fingerprint density at radius 1 is 1.25 bits per heavy atom. The predicted octanol–water partition coefficient (Wildman–Crippen LogP) is 4.72. The molecule has 28 heavy (non-hydrogen) atoms. The topological polar surface area (TPSA) is 45.5 Å². The average molecular weight is 380 g/mol. The Bertz CT molecular complexity index is 1020. The number of amides is 1. The molecule has 0 bridgehead atoms. The zero-order valence-electron chi connectivity index (χ0n) is 16.5. The molecule has 1 aliphatic rings. The van der Waals surface area contributed by atoms with Gasteiger partial charge >= 0.3 is 0 Å². The molecule has 146 valence electrons. The minimum Gasteiger partial charge on any atom is -0.455 e. The summed E-state index contributed by atoms with van der Waals surface area (Å²) in [4.78, 5) is 15.1. The van der Waals surface area contributed by atoms with Gasteiger partial charge in [-0.2, -0.15) is 0 Å². The minimum absolute atomic E-state index is 0.200. The van der Waals surface area contributed by atoms with Crippen LogP contribution in [0.1, 0.15) is 40.2 Å². The number of hydrogen-bond donors (Lipinski definition) is 1. The van der Waals surface area contributed by atoms with Crippen molar-refractivity contribution in [3.05, 3.63) is 58.9 Å². The van der Waals surface area contributed by atoms with Crippen LogP contribution in [-0.4, -0.2) is 38.0 Å². The number of carbonyl (C=O) groups excluding carboxylic acids is 1. The summed E-state index contributed by atoms with van der Waals surface area (Å²) >= 11 is 0. The van der Waals surface area contributed by atoms with E-state index in [2.05, 4.69) is 30.3 Å². The van der Waals surface area contributed by atoms with Gasteiger partial charge in [0.2, 0.25) is 0 Å². The van der Waals surface area contributed by atoms with E-state index >= 15 is 0 Å². The average Bonchev–Trinajstić information content (AvgIpc) is 3.05. The fraction of sp³-hybridized carbons (Fsp3) is 0.348. The standard InChI is InChI=1S/C23H25FN2O2/c1-14-11-20-19(12-18(14)16-5-4-10-26(3)13-16)21(23(27)25-2)22(28-20)15-6-8-17(24)9-7-15/h6-9,11-12,16H,4-5,10,13H2,1-3H3,(H,25,27)/t16-/m1/s1. The molecular formula is C23H25FN2O2. The number of piperidine rings is 1. The smallest absolute Gasteiger partial charge is 0.255 e. The van der Waals surface area contributed by atoms with Gasteiger partial charge in [-0.3, -0.25) is 4.79 Å². The van der Waals surface area contributed by atoms with Crippen molar-refractivity contribution in [3.8, 4) is 11.3 Å². The molecule has 1 fully saturated rings. The van der Waals surface area contributed by atoms with Crippen molar-refractivity contribution >= 4 is 16.9 Å². The Labute approximate surface area is 164 Å². The number of nitrogens with zero attached hydrogens (tertiary/aromatic N) is 1. The summed E-state index contributed by atoms with van der Waals surface area (Å²) in [5.74, 6) is 0.408. The van der Waals surface area contributed by atoms with Gasteiger partial charge in [-0.25, -0.2) is 4.39 Å². The third-order valence-corrected chi connectivity index (χ3v) is 5.70. The molecule has 0 aliphatic carbocycles. The van der Waals surface area contributed by atoms with Crippen LogP contribution in [0.3, 0.4) is 0 Å². The Morgan fingerprint density at radius 3 is 2.68 bits per heavy atom. The fourth-order valence-corrected chi connectivity index (χ4v) is 4.28. The number of benzene rings is 2. The second kappa shape index (κ2) is 7.40. The van der Waals surface area contributed by atoms with Crippen molar-refractivity contribution < 1.29 is 13.6 Å². The molecule has 4 nitrogen and oxygen atoms in total. The lowest BCUT2D eigenvalue weighted by molar-refractivity contribution is 0.0964. The van der Waals surface area contributed by atoms with Crippen LogP contribution in [0.2, 0.25) is 0 Å². The lowest BCUT2D eigenvalue weighted by Gasteiger charge is -2.30. The maximum Gasteiger partial charge on any atom is 0.255 e. The fourth-order valence-electron chi connectivity index (χ4n) is 4.28. The Balaban J connectivity index is 1.89. The molecule has 1 atom stereocenters. The third kappa shape index (κ3) is 3.31. The molecule has 1 N–H and O–H groups in total. The first-order valence-electron chi connectivity index (χ1n) is 9.71. The number of nitrogens with one attached hydrogen (secondary N) is 1. The molecule has 5 heteroatoms. The van der Waals surface area contributed by atoms with Crippen LogP contribution < -0.4 is 5.32 Å². The van der Waals surface area contributed by atoms with E-state index in [4.69, 9.17) is 4.42 Å². The quantitative estimate of drug-likeness (QED) is 0.715. The van der Waals surface area contributed by atoms with Crippen molar-refractivity contribution in [2.45, 2.75) is 25.7 Å². The van der Waals surface area contributed by atoms with Crippen LogP contribution in [0.15, 0.2) is 40.8 Å². The normalized spacial score (nSPS) is 17.8. The van der Waals surface area contributed by atoms with Crippen LogP contribution in [0.5, 0.6) is 0 Å². The Hall–Kier alpha value is -2.66. The van der Waals surface area contributed by atoms with Crippen molar-refractivity contribution in [1.29, 1.82) is 0 Å². The molecule has 2 aromatic carbocycles. The van der Waals surface area contributed by atoms with E-state index in [1.807, 2.05) is 6.07 Å². The number of furan rings is 1. The second-order valence-corrected chi connectivity index (χ2v) is 7.70. The van der Waals surface area contributed by atoms with Gasteiger partial charge in [-0.15, -0.1) is 0 Å². The number of hydrogen-bond acceptors (Lipinski definition) is 3. The summed E-state index contributed by atoms with van der Waals surface area (Å²) in [7, 11) is 3.77. The van der Waals surface area contributed by atoms with Gasteiger partial charge < -0.3 is 14.6 Å². The number of likely N-dealkylation sites (tertiary alicyclic amines) is 1. The van der Waals surface area contributed by atoms with Gasteiger partial charge in [0, 0.05) is 24.5 Å². The highest BCUT2D eigenvalue weighted by molar-refractivity contribution is 6.11. The molecule has 3 aromatic rings. The van der Waals surface area contributed by atoms with Crippen molar-refractivity contribution in [3.63, 3.8) is 0 Å². The van der Waals surface area contributed by atoms with Gasteiger partial charge in [0.25, 0.3) is 5.91 Å². The number of carbonyl (C=O) groups is 1. The highest BCUT2D eigenvalue weighted by atomic mass is 19.1. The summed E-state index contributed by atoms with van der Waals surface area (Å²) in [6.45, 7) is 4.25. The summed E-state index contributed by atoms with van der Waals surface area (Å²) in [6.07, 6.45) is 2.32. The number of rotatable bonds is 3. The van der Waals surface area contributed by atoms with E-state index in [0.29, 0.717) is 28.4 Å². The van der Waals surface area contributed by atoms with Crippen LogP contribution in [0, 0.1) is 12.7 Å². The SMILES string of the molecule is CNC(=O)c1c(-c2ccc(F)cc2)oc2cc(C)c([C@@H]3CCCN(C)C3)cc12. The van der Waals surface area contributed by atoms with Crippen LogP contribution in [0.4, 0.5) is 4.39 Å². The molecule has 0 radical (unpaired) electrons. The Morgan fingerprint density at radius 2 is 2.00 bits per heavy atom. The molecule has 2 heterocycles. The number of likely N-dealkylation sites (N-methyl/N-ethyl adjacent to an activating group) is 1. The van der Waals surface area contributed by atoms with Gasteiger partial charge in [-0.1, -0.05) is 0 Å². The van der Waals surface area contributed by atoms with Gasteiger partial charge in [0.05, 0.1) is 5.56 Å². The zero-order valence-corrected chi connectivity index (χ0v) is 16.5. The molecular weight excluding hydrogens is 355 g/mol. The number of aryl methyl sites for hydroxylation is 1. The van der Waals surface area contributed by atoms with Gasteiger partial charge in [-0.05, 0) is 86.8 Å². The van der Waals surface area contributed by atoms with Gasteiger partial charge in [0.15, 0.2) is 0 Å². The van der Waals surface area contributed by atoms with Crippen LogP contribution >= 0.6 is 0 Å². The maximum absolute atomic E-state index is 13.4. The van der Waals surface area contributed by atoms with E-state index in [-0.39, 0.29) is 11.7 Å². The van der Waals surface area contributed by atoms with E-state index in [1.54, 1.807) is 19.2 Å². The first kappa shape index (κ1) is 18.7. The lowest BCUT2D eigenvalue weighted by Crippen LogP contribution is -2.31. The summed E-state index contributed by atoms with van der Waals surface area (Å²) in [5, 5.41) is 3.53. The molecule has 1 saturated heterocycles. The lowest BCUT2D eigenvalue weighted by atomic mass is 9.87. The zero-order chi connectivity index (χ0) is 19.8. The monoisotopic (exact) mass is 380 g/mol. The number of fused-ring (bicyclic) bond motifs is 1. The molecule has 1 aromatic heterocycles. The van der Waals surface area contributed by atoms with Crippen molar-refractivity contribution in [2.75, 3.05) is 27.2 Å². The van der Waals surface area contributed by atoms with Crippen molar-refractivity contribution in [2.24, 2.45) is 0 Å². The molecule has 1 aliphatic heterocycles. The van der Waals surface area contributed by atoms with E-state index < -0.39 is 0 Å². The predicted molar refractivity (Wildman–Crippen MR) is 109 cm³/mol. The highest BCUT2D eigenvalue weighted by Gasteiger charge is 2.25. The molecule has 0 saturated carbocycles. The first-order valence-corrected chi connectivity index (χ1v) is 9.71. The molecule has 1 amide bonds. The molecule has 4 rings (SSSR count). The van der Waals surface area contributed by atoms with Gasteiger partial charge in [0.1, 0.15) is 17.2 Å². The summed E-state index contributed by atoms with van der Waals surface area (Å²) < 4.78 is 19.5. The maximum atomic E-state index is 13.4. The van der Waals surface area contributed by atoms with E-state index in [1.165, 1.54) is 29.7 Å². The summed E-state index contributed by atoms with van der Waals surface area (Å²) in [5.41, 5.74) is 4.33. The van der Waals surface area contributed by atoms with E-state index in [0.717, 1.165) is 24.9 Å². The summed E-state index contributed by atoms with van der Waals surface area (Å²) in [6, 6.07) is 10.2. The van der Waals surface area contributed by atoms with Crippen molar-refractivity contribution in [1.82, 2.24) is 10.2 Å². The Kier molecular flexibility index (Phi) is 4.94. The third-order valence-electron chi connectivity index (χ3n) is 5.70. The van der Waals surface area contributed by atoms with Crippen LogP contribution in [0.25, 0.3) is 22.3 Å². The number of halogens is 1. The largest absolute Gasteiger partial charge is 0.455 e.